The van der Waals surface area contributed by atoms with Crippen molar-refractivity contribution in [2.45, 2.75) is 24.6 Å². The van der Waals surface area contributed by atoms with E-state index in [4.69, 9.17) is 0 Å². The van der Waals surface area contributed by atoms with E-state index in [0.29, 0.717) is 6.04 Å². The number of fused-ring (bicyclic) bond motifs is 1. The van der Waals surface area contributed by atoms with Crippen molar-refractivity contribution in [3.05, 3.63) is 21.4 Å². The molecule has 1 unspecified atom stereocenters. The van der Waals surface area contributed by atoms with Crippen molar-refractivity contribution >= 4 is 29.0 Å². The van der Waals surface area contributed by atoms with Crippen LogP contribution in [0, 0.1) is 0 Å². The number of nitrogens with one attached hydrogen (secondary N) is 2. The molecule has 0 bridgehead atoms. The summed E-state index contributed by atoms with van der Waals surface area (Å²) >= 11 is 3.64. The predicted molar refractivity (Wildman–Crippen MR) is 72.9 cm³/mol. The molecule has 3 rings (SSSR count). The van der Waals surface area contributed by atoms with Crippen LogP contribution in [-0.4, -0.2) is 30.8 Å². The van der Waals surface area contributed by atoms with Gasteiger partial charge in [-0.05, 0) is 36.8 Å². The van der Waals surface area contributed by atoms with Crippen LogP contribution in [0.15, 0.2) is 6.07 Å². The summed E-state index contributed by atoms with van der Waals surface area (Å²) in [5.74, 6) is 2.38. The van der Waals surface area contributed by atoms with Crippen molar-refractivity contribution in [1.29, 1.82) is 0 Å². The lowest BCUT2D eigenvalue weighted by Crippen LogP contribution is -2.35. The SMILES string of the molecule is O=C(NC1CCNC1)c1cc2c(s1)CCSC2. The molecule has 0 saturated carbocycles. The van der Waals surface area contributed by atoms with Crippen LogP contribution in [0.2, 0.25) is 0 Å². The first kappa shape index (κ1) is 11.6. The molecule has 1 fully saturated rings. The van der Waals surface area contributed by atoms with Gasteiger partial charge in [-0.25, -0.2) is 0 Å². The lowest BCUT2D eigenvalue weighted by atomic mass is 10.2. The van der Waals surface area contributed by atoms with Gasteiger partial charge in [0.05, 0.1) is 4.88 Å². The van der Waals surface area contributed by atoms with Crippen molar-refractivity contribution < 1.29 is 4.79 Å². The second-order valence-corrected chi connectivity index (χ2v) is 6.77. The summed E-state index contributed by atoms with van der Waals surface area (Å²) in [7, 11) is 0. The van der Waals surface area contributed by atoms with Gasteiger partial charge in [0.1, 0.15) is 0 Å². The van der Waals surface area contributed by atoms with Crippen LogP contribution in [0.4, 0.5) is 0 Å². The average molecular weight is 268 g/mol. The van der Waals surface area contributed by atoms with Gasteiger partial charge in [-0.2, -0.15) is 11.8 Å². The van der Waals surface area contributed by atoms with Gasteiger partial charge in [0.25, 0.3) is 5.91 Å². The molecule has 1 amide bonds. The maximum atomic E-state index is 12.1. The molecule has 92 valence electrons. The third-order valence-corrected chi connectivity index (χ3v) is 5.49. The van der Waals surface area contributed by atoms with Crippen LogP contribution in [-0.2, 0) is 12.2 Å². The smallest absolute Gasteiger partial charge is 0.261 e. The Bertz CT molecular complexity index is 401. The van der Waals surface area contributed by atoms with Crippen LogP contribution in [0.3, 0.4) is 0 Å². The number of hydrogen-bond donors (Lipinski definition) is 2. The van der Waals surface area contributed by atoms with Gasteiger partial charge in [-0.15, -0.1) is 11.3 Å². The first-order chi connectivity index (χ1) is 8.33. The fraction of sp³-hybridized carbons (Fsp3) is 0.583. The molecule has 2 aliphatic heterocycles. The van der Waals surface area contributed by atoms with E-state index in [1.54, 1.807) is 11.3 Å². The Morgan fingerprint density at radius 2 is 2.47 bits per heavy atom. The molecular formula is C12H16N2OS2. The Morgan fingerprint density at radius 1 is 1.53 bits per heavy atom. The number of aryl methyl sites for hydroxylation is 1. The summed E-state index contributed by atoms with van der Waals surface area (Å²) in [6.07, 6.45) is 2.18. The maximum absolute atomic E-state index is 12.1. The van der Waals surface area contributed by atoms with Crippen molar-refractivity contribution in [3.8, 4) is 0 Å². The lowest BCUT2D eigenvalue weighted by molar-refractivity contribution is 0.0944. The minimum Gasteiger partial charge on any atom is -0.347 e. The number of carbonyl (C=O) groups excluding carboxylic acids is 1. The van der Waals surface area contributed by atoms with Gasteiger partial charge in [0.15, 0.2) is 0 Å². The van der Waals surface area contributed by atoms with Crippen LogP contribution >= 0.6 is 23.1 Å². The Labute approximate surface area is 109 Å². The topological polar surface area (TPSA) is 41.1 Å². The minimum absolute atomic E-state index is 0.114. The van der Waals surface area contributed by atoms with Crippen molar-refractivity contribution in [2.24, 2.45) is 0 Å². The molecule has 1 aromatic heterocycles. The Balaban J connectivity index is 1.70. The quantitative estimate of drug-likeness (QED) is 0.856. The zero-order chi connectivity index (χ0) is 11.7. The second kappa shape index (κ2) is 5.00. The number of thioether (sulfide) groups is 1. The Kier molecular flexibility index (Phi) is 3.40. The zero-order valence-electron chi connectivity index (χ0n) is 9.62. The molecular weight excluding hydrogens is 252 g/mol. The minimum atomic E-state index is 0.114. The number of hydrogen-bond acceptors (Lipinski definition) is 4. The number of carbonyl (C=O) groups is 1. The average Bonchev–Trinajstić information content (AvgIpc) is 2.96. The summed E-state index contributed by atoms with van der Waals surface area (Å²) < 4.78 is 0. The molecule has 2 N–H and O–H groups in total. The van der Waals surface area contributed by atoms with E-state index in [1.165, 1.54) is 16.2 Å². The van der Waals surface area contributed by atoms with Crippen LogP contribution in [0.5, 0.6) is 0 Å². The van der Waals surface area contributed by atoms with Crippen molar-refractivity contribution in [1.82, 2.24) is 10.6 Å². The normalized spacial score (nSPS) is 23.4. The monoisotopic (exact) mass is 268 g/mol. The molecule has 5 heteroatoms. The molecule has 0 aliphatic carbocycles. The molecule has 1 aromatic rings. The van der Waals surface area contributed by atoms with Gasteiger partial charge in [0.2, 0.25) is 0 Å². The van der Waals surface area contributed by atoms with E-state index in [0.717, 1.165) is 36.6 Å². The van der Waals surface area contributed by atoms with E-state index in [2.05, 4.69) is 16.7 Å². The summed E-state index contributed by atoms with van der Waals surface area (Å²) in [5.41, 5.74) is 1.38. The Hall–Kier alpha value is -0.520. The Morgan fingerprint density at radius 3 is 3.24 bits per heavy atom. The van der Waals surface area contributed by atoms with Crippen LogP contribution in [0.1, 0.15) is 26.5 Å². The third-order valence-electron chi connectivity index (χ3n) is 3.25. The number of thiophene rings is 1. The van der Waals surface area contributed by atoms with E-state index in [9.17, 15) is 4.79 Å². The fourth-order valence-electron chi connectivity index (χ4n) is 2.29. The molecule has 17 heavy (non-hydrogen) atoms. The third kappa shape index (κ3) is 2.51. The second-order valence-electron chi connectivity index (χ2n) is 4.52. The molecule has 0 radical (unpaired) electrons. The van der Waals surface area contributed by atoms with Crippen molar-refractivity contribution in [2.75, 3.05) is 18.8 Å². The van der Waals surface area contributed by atoms with Gasteiger partial charge < -0.3 is 10.6 Å². The van der Waals surface area contributed by atoms with Gasteiger partial charge in [-0.3, -0.25) is 4.79 Å². The predicted octanol–water partition coefficient (Wildman–Crippen LogP) is 1.63. The van der Waals surface area contributed by atoms with Gasteiger partial charge in [-0.1, -0.05) is 0 Å². The van der Waals surface area contributed by atoms with E-state index in [1.807, 2.05) is 11.8 Å². The molecule has 3 nitrogen and oxygen atoms in total. The molecule has 0 spiro atoms. The van der Waals surface area contributed by atoms with E-state index < -0.39 is 0 Å². The fourth-order valence-corrected chi connectivity index (χ4v) is 4.57. The van der Waals surface area contributed by atoms with Crippen LogP contribution in [0.25, 0.3) is 0 Å². The summed E-state index contributed by atoms with van der Waals surface area (Å²) in [6.45, 7) is 1.93. The highest BCUT2D eigenvalue weighted by molar-refractivity contribution is 7.98. The standard InChI is InChI=1S/C12H16N2OS2/c15-12(14-9-1-3-13-6-9)11-5-8-7-16-4-2-10(8)17-11/h5,9,13H,1-4,6-7H2,(H,14,15). The number of rotatable bonds is 2. The molecule has 2 aliphatic rings. The first-order valence-corrected chi connectivity index (χ1v) is 8.01. The molecule has 3 heterocycles. The van der Waals surface area contributed by atoms with Gasteiger partial charge in [0, 0.05) is 23.2 Å². The van der Waals surface area contributed by atoms with Crippen LogP contribution < -0.4 is 10.6 Å². The molecule has 1 atom stereocenters. The highest BCUT2D eigenvalue weighted by Gasteiger charge is 2.21. The zero-order valence-corrected chi connectivity index (χ0v) is 11.3. The van der Waals surface area contributed by atoms with E-state index >= 15 is 0 Å². The highest BCUT2D eigenvalue weighted by atomic mass is 32.2. The maximum Gasteiger partial charge on any atom is 0.261 e. The molecule has 1 saturated heterocycles. The van der Waals surface area contributed by atoms with Crippen molar-refractivity contribution in [3.63, 3.8) is 0 Å². The van der Waals surface area contributed by atoms with E-state index in [-0.39, 0.29) is 5.91 Å². The first-order valence-electron chi connectivity index (χ1n) is 6.04. The lowest BCUT2D eigenvalue weighted by Gasteiger charge is -2.09. The number of amides is 1. The van der Waals surface area contributed by atoms with Gasteiger partial charge >= 0.3 is 0 Å². The largest absolute Gasteiger partial charge is 0.347 e. The summed E-state index contributed by atoms with van der Waals surface area (Å²) in [6, 6.07) is 2.40. The summed E-state index contributed by atoms with van der Waals surface area (Å²) in [4.78, 5) is 14.4. The summed E-state index contributed by atoms with van der Waals surface area (Å²) in [5, 5.41) is 6.37. The highest BCUT2D eigenvalue weighted by Crippen LogP contribution is 2.31. The molecule has 0 aromatic carbocycles.